The molecule has 0 rings (SSSR count). The second-order valence-corrected chi connectivity index (χ2v) is 3.48. The van der Waals surface area contributed by atoms with E-state index in [1.54, 1.807) is 11.8 Å². The molecule has 13 heavy (non-hydrogen) atoms. The van der Waals surface area contributed by atoms with Gasteiger partial charge in [0.15, 0.2) is 0 Å². The smallest absolute Gasteiger partial charge is 0.221 e. The van der Waals surface area contributed by atoms with Crippen LogP contribution in [-0.2, 0) is 9.53 Å². The molecule has 0 aliphatic heterocycles. The highest BCUT2D eigenvalue weighted by molar-refractivity contribution is 5.72. The Bertz CT molecular complexity index is 146. The Hall–Kier alpha value is -0.570. The van der Waals surface area contributed by atoms with Crippen molar-refractivity contribution in [2.75, 3.05) is 13.3 Å². The van der Waals surface area contributed by atoms with Gasteiger partial charge in [0.25, 0.3) is 0 Å². The molecule has 0 radical (unpaired) electrons. The lowest BCUT2D eigenvalue weighted by Crippen LogP contribution is -2.33. The lowest BCUT2D eigenvalue weighted by atomic mass is 10.3. The summed E-state index contributed by atoms with van der Waals surface area (Å²) in [6.07, 6.45) is 2.33. The van der Waals surface area contributed by atoms with Crippen LogP contribution in [-0.4, -0.2) is 30.2 Å². The van der Waals surface area contributed by atoms with Gasteiger partial charge in [0.05, 0.1) is 6.10 Å². The van der Waals surface area contributed by atoms with Gasteiger partial charge >= 0.3 is 0 Å². The van der Waals surface area contributed by atoms with Gasteiger partial charge in [-0.05, 0) is 20.3 Å². The van der Waals surface area contributed by atoms with Crippen molar-refractivity contribution in [1.29, 1.82) is 0 Å². The second kappa shape index (κ2) is 6.89. The van der Waals surface area contributed by atoms with Crippen LogP contribution in [0.2, 0.25) is 0 Å². The third kappa shape index (κ3) is 6.58. The van der Waals surface area contributed by atoms with Crippen LogP contribution in [0.4, 0.5) is 0 Å². The van der Waals surface area contributed by atoms with Crippen molar-refractivity contribution < 1.29 is 9.53 Å². The number of unbranched alkanes of at least 4 members (excludes halogenated alkanes) is 1. The van der Waals surface area contributed by atoms with Crippen LogP contribution in [0.15, 0.2) is 0 Å². The molecule has 0 bridgehead atoms. The molecule has 78 valence electrons. The van der Waals surface area contributed by atoms with E-state index in [0.29, 0.717) is 6.73 Å². The molecule has 0 saturated heterocycles. The van der Waals surface area contributed by atoms with E-state index in [1.165, 1.54) is 0 Å². The molecule has 0 aromatic rings. The van der Waals surface area contributed by atoms with E-state index in [2.05, 4.69) is 6.92 Å². The van der Waals surface area contributed by atoms with Gasteiger partial charge < -0.3 is 9.64 Å². The van der Waals surface area contributed by atoms with Gasteiger partial charge in [0.1, 0.15) is 6.73 Å². The monoisotopic (exact) mass is 187 g/mol. The van der Waals surface area contributed by atoms with Crippen molar-refractivity contribution in [1.82, 2.24) is 4.90 Å². The SMILES string of the molecule is CCCCN(COC(C)C)C(C)=O. The molecule has 0 spiro atoms. The predicted octanol–water partition coefficient (Wildman–Crippen LogP) is 2.02. The molecule has 3 heteroatoms. The van der Waals surface area contributed by atoms with Crippen molar-refractivity contribution in [3.8, 4) is 0 Å². The summed E-state index contributed by atoms with van der Waals surface area (Å²) in [5.41, 5.74) is 0. The van der Waals surface area contributed by atoms with Crippen molar-refractivity contribution in [3.63, 3.8) is 0 Å². The number of hydrogen-bond donors (Lipinski definition) is 0. The molecule has 0 atom stereocenters. The van der Waals surface area contributed by atoms with Gasteiger partial charge in [-0.25, -0.2) is 0 Å². The number of nitrogens with zero attached hydrogens (tertiary/aromatic N) is 1. The van der Waals surface area contributed by atoms with Gasteiger partial charge in [-0.1, -0.05) is 13.3 Å². The van der Waals surface area contributed by atoms with E-state index in [-0.39, 0.29) is 12.0 Å². The number of amides is 1. The standard InChI is InChI=1S/C10H21NO2/c1-5-6-7-11(10(4)12)8-13-9(2)3/h9H,5-8H2,1-4H3. The first-order chi connectivity index (χ1) is 6.07. The van der Waals surface area contributed by atoms with Crippen LogP contribution in [0, 0.1) is 0 Å². The zero-order valence-electron chi connectivity index (χ0n) is 9.17. The van der Waals surface area contributed by atoms with E-state index in [1.807, 2.05) is 13.8 Å². The molecule has 3 nitrogen and oxygen atoms in total. The van der Waals surface area contributed by atoms with Crippen LogP contribution >= 0.6 is 0 Å². The molecular weight excluding hydrogens is 166 g/mol. The van der Waals surface area contributed by atoms with Crippen LogP contribution in [0.1, 0.15) is 40.5 Å². The Labute approximate surface area is 81.1 Å². The Morgan fingerprint density at radius 1 is 1.46 bits per heavy atom. The number of carbonyl (C=O) groups is 1. The van der Waals surface area contributed by atoms with Gasteiger partial charge in [0, 0.05) is 13.5 Å². The number of carbonyl (C=O) groups excluding carboxylic acids is 1. The number of rotatable bonds is 6. The van der Waals surface area contributed by atoms with E-state index in [0.717, 1.165) is 19.4 Å². The molecule has 0 aliphatic carbocycles. The van der Waals surface area contributed by atoms with Gasteiger partial charge in [-0.15, -0.1) is 0 Å². The lowest BCUT2D eigenvalue weighted by Gasteiger charge is -2.21. The highest BCUT2D eigenvalue weighted by atomic mass is 16.5. The third-order valence-corrected chi connectivity index (χ3v) is 1.79. The fourth-order valence-electron chi connectivity index (χ4n) is 0.901. The minimum absolute atomic E-state index is 0.0918. The molecule has 0 N–H and O–H groups in total. The highest BCUT2D eigenvalue weighted by Gasteiger charge is 2.07. The van der Waals surface area contributed by atoms with E-state index in [4.69, 9.17) is 4.74 Å². The molecule has 0 aromatic heterocycles. The molecular formula is C10H21NO2. The van der Waals surface area contributed by atoms with Crippen LogP contribution in [0.25, 0.3) is 0 Å². The van der Waals surface area contributed by atoms with Crippen molar-refractivity contribution in [2.45, 2.75) is 46.6 Å². The molecule has 1 amide bonds. The fourth-order valence-corrected chi connectivity index (χ4v) is 0.901. The lowest BCUT2D eigenvalue weighted by molar-refractivity contribution is -0.135. The minimum atomic E-state index is 0.0918. The first kappa shape index (κ1) is 12.4. The summed E-state index contributed by atoms with van der Waals surface area (Å²) in [6.45, 7) is 8.86. The highest BCUT2D eigenvalue weighted by Crippen LogP contribution is 1.98. The first-order valence-electron chi connectivity index (χ1n) is 4.95. The summed E-state index contributed by atoms with van der Waals surface area (Å²) in [4.78, 5) is 12.8. The largest absolute Gasteiger partial charge is 0.358 e. The number of hydrogen-bond acceptors (Lipinski definition) is 2. The summed E-state index contributed by atoms with van der Waals surface area (Å²) in [7, 11) is 0. The maximum Gasteiger partial charge on any atom is 0.221 e. The summed E-state index contributed by atoms with van der Waals surface area (Å²) in [5.74, 6) is 0.0918. The van der Waals surface area contributed by atoms with Crippen molar-refractivity contribution in [2.24, 2.45) is 0 Å². The van der Waals surface area contributed by atoms with E-state index < -0.39 is 0 Å². The molecule has 0 unspecified atom stereocenters. The normalized spacial score (nSPS) is 10.5. The van der Waals surface area contributed by atoms with Gasteiger partial charge in [-0.3, -0.25) is 4.79 Å². The molecule has 0 aromatic carbocycles. The van der Waals surface area contributed by atoms with Crippen LogP contribution < -0.4 is 0 Å². The second-order valence-electron chi connectivity index (χ2n) is 3.48. The topological polar surface area (TPSA) is 29.5 Å². The van der Waals surface area contributed by atoms with E-state index in [9.17, 15) is 4.79 Å². The Morgan fingerprint density at radius 3 is 2.46 bits per heavy atom. The number of ether oxygens (including phenoxy) is 1. The molecule has 0 aliphatic rings. The van der Waals surface area contributed by atoms with Gasteiger partial charge in [0.2, 0.25) is 5.91 Å². The van der Waals surface area contributed by atoms with Crippen molar-refractivity contribution >= 4 is 5.91 Å². The minimum Gasteiger partial charge on any atom is -0.358 e. The average molecular weight is 187 g/mol. The third-order valence-electron chi connectivity index (χ3n) is 1.79. The van der Waals surface area contributed by atoms with Crippen molar-refractivity contribution in [3.05, 3.63) is 0 Å². The quantitative estimate of drug-likeness (QED) is 0.595. The summed E-state index contributed by atoms with van der Waals surface area (Å²) in [6, 6.07) is 0. The van der Waals surface area contributed by atoms with E-state index >= 15 is 0 Å². The van der Waals surface area contributed by atoms with Crippen LogP contribution in [0.3, 0.4) is 0 Å². The Kier molecular flexibility index (Phi) is 6.59. The summed E-state index contributed by atoms with van der Waals surface area (Å²) >= 11 is 0. The Morgan fingerprint density at radius 2 is 2.08 bits per heavy atom. The fraction of sp³-hybridized carbons (Fsp3) is 0.900. The summed E-state index contributed by atoms with van der Waals surface area (Å²) < 4.78 is 5.37. The zero-order valence-corrected chi connectivity index (χ0v) is 9.17. The molecule has 0 fully saturated rings. The maximum absolute atomic E-state index is 11.1. The zero-order chi connectivity index (χ0) is 10.3. The van der Waals surface area contributed by atoms with Crippen LogP contribution in [0.5, 0.6) is 0 Å². The predicted molar refractivity (Wildman–Crippen MR) is 53.4 cm³/mol. The first-order valence-corrected chi connectivity index (χ1v) is 4.95. The average Bonchev–Trinajstić information content (AvgIpc) is 2.03. The molecule has 0 heterocycles. The summed E-state index contributed by atoms with van der Waals surface area (Å²) in [5, 5.41) is 0. The maximum atomic E-state index is 11.1. The molecule has 0 saturated carbocycles. The van der Waals surface area contributed by atoms with Gasteiger partial charge in [-0.2, -0.15) is 0 Å². The Balaban J connectivity index is 3.74.